The smallest absolute Gasteiger partial charge is 0.291 e. The Balaban J connectivity index is 1.60. The molecule has 1 saturated heterocycles. The highest BCUT2D eigenvalue weighted by atomic mass is 16.3. The van der Waals surface area contributed by atoms with Crippen LogP contribution < -0.4 is 5.73 Å². The summed E-state index contributed by atoms with van der Waals surface area (Å²) < 4.78 is 6.95. The molecule has 0 aliphatic carbocycles. The van der Waals surface area contributed by atoms with Gasteiger partial charge < -0.3 is 15.1 Å². The third-order valence-electron chi connectivity index (χ3n) is 4.80. The lowest BCUT2D eigenvalue weighted by Crippen LogP contribution is -2.39. The number of likely N-dealkylation sites (tertiary alicyclic amines) is 1. The summed E-state index contributed by atoms with van der Waals surface area (Å²) in [5.74, 6) is 0.883. The number of anilines is 1. The third-order valence-corrected chi connectivity index (χ3v) is 4.80. The number of hydrogen-bond donors (Lipinski definition) is 1. The van der Waals surface area contributed by atoms with E-state index in [0.717, 1.165) is 36.1 Å². The van der Waals surface area contributed by atoms with E-state index in [1.165, 1.54) is 6.39 Å². The standard InChI is InChI=1S/C17H20N6O2/c1-10-14(25-9-19-10)17(24)23-7-3-4-11(8-23)13-6-5-12-15(18)21-22(2)16(12)20-13/h5-6,9,11H,3-4,7-8H2,1-2H3,(H2,18,21)/t11-/m1/s1. The molecule has 2 N–H and O–H groups in total. The average molecular weight is 340 g/mol. The first-order valence-corrected chi connectivity index (χ1v) is 8.33. The highest BCUT2D eigenvalue weighted by Crippen LogP contribution is 2.29. The van der Waals surface area contributed by atoms with E-state index in [4.69, 9.17) is 15.1 Å². The maximum absolute atomic E-state index is 12.7. The Kier molecular flexibility index (Phi) is 3.67. The number of aromatic nitrogens is 4. The summed E-state index contributed by atoms with van der Waals surface area (Å²) in [6.07, 6.45) is 3.23. The third kappa shape index (κ3) is 2.63. The molecule has 0 unspecified atom stereocenters. The lowest BCUT2D eigenvalue weighted by atomic mass is 9.94. The van der Waals surface area contributed by atoms with Crippen LogP contribution in [0.5, 0.6) is 0 Å². The predicted octanol–water partition coefficient (Wildman–Crippen LogP) is 1.87. The molecule has 0 radical (unpaired) electrons. The molecule has 130 valence electrons. The molecule has 3 aromatic heterocycles. The lowest BCUT2D eigenvalue weighted by Gasteiger charge is -2.32. The first-order valence-electron chi connectivity index (χ1n) is 8.33. The van der Waals surface area contributed by atoms with E-state index < -0.39 is 0 Å². The minimum Gasteiger partial charge on any atom is -0.438 e. The Labute approximate surface area is 144 Å². The SMILES string of the molecule is Cc1ncoc1C(=O)N1CCC[C@@H](c2ccc3c(N)nn(C)c3n2)C1. The molecule has 4 heterocycles. The molecular formula is C17H20N6O2. The van der Waals surface area contributed by atoms with E-state index in [1.54, 1.807) is 11.6 Å². The second kappa shape index (κ2) is 5.87. The van der Waals surface area contributed by atoms with Gasteiger partial charge in [0.2, 0.25) is 5.76 Å². The minimum absolute atomic E-state index is 0.106. The van der Waals surface area contributed by atoms with Gasteiger partial charge >= 0.3 is 0 Å². The molecule has 1 amide bonds. The van der Waals surface area contributed by atoms with Gasteiger partial charge in [0.05, 0.1) is 11.1 Å². The molecule has 3 aromatic rings. The zero-order chi connectivity index (χ0) is 17.6. The highest BCUT2D eigenvalue weighted by Gasteiger charge is 2.29. The summed E-state index contributed by atoms with van der Waals surface area (Å²) in [7, 11) is 1.83. The van der Waals surface area contributed by atoms with Crippen LogP contribution in [0.3, 0.4) is 0 Å². The molecule has 8 heteroatoms. The van der Waals surface area contributed by atoms with Crippen LogP contribution >= 0.6 is 0 Å². The molecule has 25 heavy (non-hydrogen) atoms. The van der Waals surface area contributed by atoms with Gasteiger partial charge in [-0.25, -0.2) is 14.6 Å². The van der Waals surface area contributed by atoms with Crippen molar-refractivity contribution in [1.82, 2.24) is 24.6 Å². The number of fused-ring (bicyclic) bond motifs is 1. The minimum atomic E-state index is -0.106. The van der Waals surface area contributed by atoms with Crippen molar-refractivity contribution in [3.8, 4) is 0 Å². The normalized spacial score (nSPS) is 18.0. The number of carbonyl (C=O) groups is 1. The Morgan fingerprint density at radius 3 is 3.00 bits per heavy atom. The Morgan fingerprint density at radius 2 is 2.24 bits per heavy atom. The largest absolute Gasteiger partial charge is 0.438 e. The van der Waals surface area contributed by atoms with Crippen molar-refractivity contribution >= 4 is 22.8 Å². The van der Waals surface area contributed by atoms with Gasteiger partial charge in [-0.3, -0.25) is 4.79 Å². The van der Waals surface area contributed by atoms with Gasteiger partial charge in [-0.2, -0.15) is 5.10 Å². The molecule has 1 aliphatic rings. The summed E-state index contributed by atoms with van der Waals surface area (Å²) in [4.78, 5) is 23.2. The van der Waals surface area contributed by atoms with Crippen LogP contribution in [0.25, 0.3) is 11.0 Å². The summed E-state index contributed by atoms with van der Waals surface area (Å²) in [5.41, 5.74) is 8.25. The fraction of sp³-hybridized carbons (Fsp3) is 0.412. The Morgan fingerprint density at radius 1 is 1.40 bits per heavy atom. The van der Waals surface area contributed by atoms with Gasteiger partial charge in [0.15, 0.2) is 17.9 Å². The van der Waals surface area contributed by atoms with Crippen molar-refractivity contribution in [2.24, 2.45) is 7.05 Å². The molecule has 0 aromatic carbocycles. The van der Waals surface area contributed by atoms with Crippen molar-refractivity contribution in [2.75, 3.05) is 18.8 Å². The topological polar surface area (TPSA) is 103 Å². The number of nitrogen functional groups attached to an aromatic ring is 1. The monoisotopic (exact) mass is 340 g/mol. The molecule has 1 fully saturated rings. The van der Waals surface area contributed by atoms with Crippen LogP contribution in [0, 0.1) is 6.92 Å². The highest BCUT2D eigenvalue weighted by molar-refractivity contribution is 5.92. The summed E-state index contributed by atoms with van der Waals surface area (Å²) in [6.45, 7) is 3.11. The van der Waals surface area contributed by atoms with Gasteiger partial charge in [-0.05, 0) is 31.9 Å². The van der Waals surface area contributed by atoms with Crippen molar-refractivity contribution in [3.63, 3.8) is 0 Å². The van der Waals surface area contributed by atoms with Gasteiger partial charge in [-0.15, -0.1) is 0 Å². The molecule has 0 saturated carbocycles. The second-order valence-corrected chi connectivity index (χ2v) is 6.47. The van der Waals surface area contributed by atoms with Gasteiger partial charge in [0, 0.05) is 31.7 Å². The van der Waals surface area contributed by atoms with Crippen LogP contribution in [-0.4, -0.2) is 43.6 Å². The van der Waals surface area contributed by atoms with E-state index in [1.807, 2.05) is 24.1 Å². The summed E-state index contributed by atoms with van der Waals surface area (Å²) >= 11 is 0. The van der Waals surface area contributed by atoms with Crippen LogP contribution in [0.4, 0.5) is 5.82 Å². The van der Waals surface area contributed by atoms with E-state index in [9.17, 15) is 4.79 Å². The van der Waals surface area contributed by atoms with Crippen molar-refractivity contribution < 1.29 is 9.21 Å². The molecule has 4 rings (SSSR count). The number of aryl methyl sites for hydroxylation is 2. The molecule has 0 bridgehead atoms. The predicted molar refractivity (Wildman–Crippen MR) is 92.0 cm³/mol. The van der Waals surface area contributed by atoms with Gasteiger partial charge in [0.1, 0.15) is 0 Å². The zero-order valence-electron chi connectivity index (χ0n) is 14.3. The summed E-state index contributed by atoms with van der Waals surface area (Å²) in [6, 6.07) is 3.94. The number of hydrogen-bond acceptors (Lipinski definition) is 6. The first-order chi connectivity index (χ1) is 12.0. The fourth-order valence-electron chi connectivity index (χ4n) is 3.45. The van der Waals surface area contributed by atoms with Crippen molar-refractivity contribution in [2.45, 2.75) is 25.7 Å². The summed E-state index contributed by atoms with van der Waals surface area (Å²) in [5, 5.41) is 5.07. The van der Waals surface area contributed by atoms with Gasteiger partial charge in [-0.1, -0.05) is 0 Å². The molecule has 8 nitrogen and oxygen atoms in total. The number of nitrogens with two attached hydrogens (primary N) is 1. The van der Waals surface area contributed by atoms with Crippen LogP contribution in [-0.2, 0) is 7.05 Å². The number of rotatable bonds is 2. The van der Waals surface area contributed by atoms with Crippen LogP contribution in [0.1, 0.15) is 40.7 Å². The Bertz CT molecular complexity index is 944. The van der Waals surface area contributed by atoms with Gasteiger partial charge in [0.25, 0.3) is 5.91 Å². The number of amides is 1. The molecule has 0 spiro atoms. The number of carbonyl (C=O) groups excluding carboxylic acids is 1. The molecule has 1 atom stereocenters. The number of piperidine rings is 1. The van der Waals surface area contributed by atoms with Crippen molar-refractivity contribution in [1.29, 1.82) is 0 Å². The zero-order valence-corrected chi connectivity index (χ0v) is 14.3. The van der Waals surface area contributed by atoms with E-state index in [2.05, 4.69) is 10.1 Å². The van der Waals surface area contributed by atoms with Crippen molar-refractivity contribution in [3.05, 3.63) is 35.7 Å². The molecular weight excluding hydrogens is 320 g/mol. The maximum Gasteiger partial charge on any atom is 0.291 e. The van der Waals surface area contributed by atoms with E-state index in [-0.39, 0.29) is 11.8 Å². The van der Waals surface area contributed by atoms with Crippen LogP contribution in [0.2, 0.25) is 0 Å². The van der Waals surface area contributed by atoms with E-state index in [0.29, 0.717) is 23.8 Å². The van der Waals surface area contributed by atoms with E-state index >= 15 is 0 Å². The number of pyridine rings is 1. The lowest BCUT2D eigenvalue weighted by molar-refractivity contribution is 0.0672. The fourth-order valence-corrected chi connectivity index (χ4v) is 3.45. The second-order valence-electron chi connectivity index (χ2n) is 6.47. The average Bonchev–Trinajstić information content (AvgIpc) is 3.17. The van der Waals surface area contributed by atoms with Crippen LogP contribution in [0.15, 0.2) is 22.9 Å². The first kappa shape index (κ1) is 15.6. The number of oxazole rings is 1. The number of nitrogens with zero attached hydrogens (tertiary/aromatic N) is 5. The maximum atomic E-state index is 12.7. The molecule has 1 aliphatic heterocycles. The Hall–Kier alpha value is -2.90. The quantitative estimate of drug-likeness (QED) is 0.764.